The van der Waals surface area contributed by atoms with Gasteiger partial charge in [0.05, 0.1) is 30.2 Å². The van der Waals surface area contributed by atoms with Crippen LogP contribution >= 0.6 is 0 Å². The number of hydrogen-bond acceptors (Lipinski definition) is 4. The van der Waals surface area contributed by atoms with Gasteiger partial charge in [-0.25, -0.2) is 9.78 Å². The molecule has 7 nitrogen and oxygen atoms in total. The number of amides is 2. The predicted molar refractivity (Wildman–Crippen MR) is 95.8 cm³/mol. The van der Waals surface area contributed by atoms with Crippen LogP contribution in [0.4, 0.5) is 10.5 Å². The maximum atomic E-state index is 12.9. The normalized spacial score (nSPS) is 17.0. The Kier molecular flexibility index (Phi) is 4.92. The van der Waals surface area contributed by atoms with Crippen molar-refractivity contribution in [2.75, 3.05) is 19.0 Å². The minimum Gasteiger partial charge on any atom is -0.481 e. The first-order chi connectivity index (χ1) is 12.0. The molecule has 1 fully saturated rings. The molecule has 3 rings (SSSR count). The van der Waals surface area contributed by atoms with Crippen molar-refractivity contribution in [3.05, 3.63) is 35.3 Å². The number of aryl methyl sites for hydroxylation is 3. The molecule has 25 heavy (non-hydrogen) atoms. The number of pyridine rings is 1. The van der Waals surface area contributed by atoms with Crippen LogP contribution in [0.5, 0.6) is 5.88 Å². The van der Waals surface area contributed by atoms with E-state index >= 15 is 0 Å². The lowest BCUT2D eigenvalue weighted by Crippen LogP contribution is -2.34. The van der Waals surface area contributed by atoms with Gasteiger partial charge in [-0.1, -0.05) is 6.92 Å². The number of ether oxygens (including phenoxy) is 1. The minimum absolute atomic E-state index is 0.0741. The molecule has 1 atom stereocenters. The molecule has 7 heteroatoms. The van der Waals surface area contributed by atoms with E-state index < -0.39 is 0 Å². The second-order valence-corrected chi connectivity index (χ2v) is 6.33. The maximum Gasteiger partial charge on any atom is 0.322 e. The average molecular weight is 343 g/mol. The number of nitrogens with one attached hydrogen (secondary N) is 1. The molecule has 3 heterocycles. The van der Waals surface area contributed by atoms with E-state index in [9.17, 15) is 4.79 Å². The summed E-state index contributed by atoms with van der Waals surface area (Å²) >= 11 is 0. The Bertz CT molecular complexity index is 771. The van der Waals surface area contributed by atoms with Crippen LogP contribution in [0.25, 0.3) is 0 Å². The van der Waals surface area contributed by atoms with Gasteiger partial charge in [-0.15, -0.1) is 0 Å². The van der Waals surface area contributed by atoms with Gasteiger partial charge in [0.2, 0.25) is 5.88 Å². The summed E-state index contributed by atoms with van der Waals surface area (Å²) in [7, 11) is 3.50. The lowest BCUT2D eigenvalue weighted by Gasteiger charge is -2.25. The number of nitrogens with zero attached hydrogens (tertiary/aromatic N) is 4. The number of urea groups is 1. The van der Waals surface area contributed by atoms with Gasteiger partial charge >= 0.3 is 6.03 Å². The largest absolute Gasteiger partial charge is 0.481 e. The second kappa shape index (κ2) is 7.13. The Balaban J connectivity index is 1.80. The van der Waals surface area contributed by atoms with Crippen molar-refractivity contribution in [3.63, 3.8) is 0 Å². The van der Waals surface area contributed by atoms with Crippen molar-refractivity contribution < 1.29 is 9.53 Å². The van der Waals surface area contributed by atoms with E-state index in [1.807, 2.05) is 42.7 Å². The highest BCUT2D eigenvalue weighted by Crippen LogP contribution is 2.34. The molecule has 2 aromatic heterocycles. The van der Waals surface area contributed by atoms with E-state index in [0.717, 1.165) is 48.4 Å². The fourth-order valence-electron chi connectivity index (χ4n) is 3.44. The summed E-state index contributed by atoms with van der Waals surface area (Å²) < 4.78 is 6.97. The van der Waals surface area contributed by atoms with Crippen LogP contribution in [0.2, 0.25) is 0 Å². The van der Waals surface area contributed by atoms with Crippen molar-refractivity contribution in [2.45, 2.75) is 39.2 Å². The number of aromatic nitrogens is 3. The van der Waals surface area contributed by atoms with Crippen LogP contribution in [0, 0.1) is 6.92 Å². The summed E-state index contributed by atoms with van der Waals surface area (Å²) in [6.45, 7) is 4.75. The lowest BCUT2D eigenvalue weighted by atomic mass is 10.1. The summed E-state index contributed by atoms with van der Waals surface area (Å²) in [5.41, 5.74) is 3.66. The zero-order chi connectivity index (χ0) is 18.0. The molecular formula is C18H25N5O2. The van der Waals surface area contributed by atoms with E-state index in [0.29, 0.717) is 5.88 Å². The molecule has 1 aliphatic rings. The molecule has 2 aromatic rings. The number of carbonyl (C=O) groups excluding carboxylic acids is 1. The third-order valence-electron chi connectivity index (χ3n) is 4.66. The standard InChI is InChI=1S/C18H25N5O2/c1-5-14-15(8-9-17(19-14)25-4)20-18(24)23-10-6-7-16(23)13-11-22(3)21-12(13)2/h8-9,11,16H,5-7,10H2,1-4H3,(H,20,24)/t16-/m0/s1. The fourth-order valence-corrected chi connectivity index (χ4v) is 3.44. The number of likely N-dealkylation sites (tertiary alicyclic amines) is 1. The minimum atomic E-state index is -0.0904. The van der Waals surface area contributed by atoms with Gasteiger partial charge in [0.25, 0.3) is 0 Å². The molecule has 0 aliphatic carbocycles. The zero-order valence-corrected chi connectivity index (χ0v) is 15.2. The summed E-state index contributed by atoms with van der Waals surface area (Å²) in [5.74, 6) is 0.555. The molecule has 0 spiro atoms. The molecule has 2 amide bonds. The lowest BCUT2D eigenvalue weighted by molar-refractivity contribution is 0.207. The van der Waals surface area contributed by atoms with Gasteiger partial charge < -0.3 is 15.0 Å². The van der Waals surface area contributed by atoms with Gasteiger partial charge in [-0.05, 0) is 32.3 Å². The van der Waals surface area contributed by atoms with Crippen LogP contribution in [0.3, 0.4) is 0 Å². The van der Waals surface area contributed by atoms with Gasteiger partial charge in [0.15, 0.2) is 0 Å². The molecule has 1 saturated heterocycles. The van der Waals surface area contributed by atoms with Gasteiger partial charge in [-0.3, -0.25) is 4.68 Å². The molecule has 0 saturated carbocycles. The van der Waals surface area contributed by atoms with Gasteiger partial charge in [-0.2, -0.15) is 5.10 Å². The highest BCUT2D eigenvalue weighted by molar-refractivity contribution is 5.90. The van der Waals surface area contributed by atoms with E-state index in [2.05, 4.69) is 15.4 Å². The van der Waals surface area contributed by atoms with Crippen LogP contribution < -0.4 is 10.1 Å². The first-order valence-electron chi connectivity index (χ1n) is 8.65. The zero-order valence-electron chi connectivity index (χ0n) is 15.2. The monoisotopic (exact) mass is 343 g/mol. The Morgan fingerprint density at radius 1 is 1.44 bits per heavy atom. The van der Waals surface area contributed by atoms with Gasteiger partial charge in [0, 0.05) is 31.4 Å². The van der Waals surface area contributed by atoms with Crippen molar-refractivity contribution in [3.8, 4) is 5.88 Å². The van der Waals surface area contributed by atoms with Crippen molar-refractivity contribution in [1.29, 1.82) is 0 Å². The number of anilines is 1. The number of methoxy groups -OCH3 is 1. The first-order valence-corrected chi connectivity index (χ1v) is 8.65. The maximum absolute atomic E-state index is 12.9. The average Bonchev–Trinajstić information content (AvgIpc) is 3.21. The SMILES string of the molecule is CCc1nc(OC)ccc1NC(=O)N1CCC[C@H]1c1cn(C)nc1C. The number of hydrogen-bond donors (Lipinski definition) is 1. The Morgan fingerprint density at radius 3 is 2.88 bits per heavy atom. The molecule has 0 unspecified atom stereocenters. The smallest absolute Gasteiger partial charge is 0.322 e. The van der Waals surface area contributed by atoms with E-state index in [1.54, 1.807) is 13.2 Å². The van der Waals surface area contributed by atoms with E-state index in [4.69, 9.17) is 4.74 Å². The summed E-state index contributed by atoms with van der Waals surface area (Å²) in [6, 6.07) is 3.60. The summed E-state index contributed by atoms with van der Waals surface area (Å²) in [6.07, 6.45) is 4.69. The molecule has 0 bridgehead atoms. The first kappa shape index (κ1) is 17.3. The van der Waals surface area contributed by atoms with Crippen molar-refractivity contribution in [1.82, 2.24) is 19.7 Å². The number of rotatable bonds is 4. The molecule has 0 radical (unpaired) electrons. The molecule has 0 aromatic carbocycles. The third kappa shape index (κ3) is 3.45. The highest BCUT2D eigenvalue weighted by atomic mass is 16.5. The number of carbonyl (C=O) groups is 1. The second-order valence-electron chi connectivity index (χ2n) is 6.33. The molecule has 1 aliphatic heterocycles. The van der Waals surface area contributed by atoms with Gasteiger partial charge in [0.1, 0.15) is 0 Å². The van der Waals surface area contributed by atoms with Crippen molar-refractivity contribution in [2.24, 2.45) is 7.05 Å². The van der Waals surface area contributed by atoms with E-state index in [-0.39, 0.29) is 12.1 Å². The molecular weight excluding hydrogens is 318 g/mol. The Morgan fingerprint density at radius 2 is 2.24 bits per heavy atom. The van der Waals surface area contributed by atoms with Crippen LogP contribution in [-0.4, -0.2) is 39.4 Å². The molecule has 1 N–H and O–H groups in total. The topological polar surface area (TPSA) is 72.3 Å². The van der Waals surface area contributed by atoms with E-state index in [1.165, 1.54) is 0 Å². The third-order valence-corrected chi connectivity index (χ3v) is 4.66. The van der Waals surface area contributed by atoms with Crippen molar-refractivity contribution >= 4 is 11.7 Å². The predicted octanol–water partition coefficient (Wildman–Crippen LogP) is 3.06. The van der Waals surface area contributed by atoms with Crippen LogP contribution in [0.1, 0.15) is 42.8 Å². The Hall–Kier alpha value is -2.57. The summed E-state index contributed by atoms with van der Waals surface area (Å²) in [5, 5.41) is 7.44. The fraction of sp³-hybridized carbons (Fsp3) is 0.500. The quantitative estimate of drug-likeness (QED) is 0.926. The highest BCUT2D eigenvalue weighted by Gasteiger charge is 2.32. The van der Waals surface area contributed by atoms with Crippen LogP contribution in [-0.2, 0) is 13.5 Å². The van der Waals surface area contributed by atoms with Crippen LogP contribution in [0.15, 0.2) is 18.3 Å². The summed E-state index contributed by atoms with van der Waals surface area (Å²) in [4.78, 5) is 19.2. The Labute approximate surface area is 148 Å². The molecule has 134 valence electrons.